The quantitative estimate of drug-likeness (QED) is 0.785. The molecule has 0 aromatic heterocycles. The van der Waals surface area contributed by atoms with Gasteiger partial charge in [-0.15, -0.1) is 0 Å². The monoisotopic (exact) mass is 286 g/mol. The zero-order valence-corrected chi connectivity index (χ0v) is 10.8. The van der Waals surface area contributed by atoms with Crippen LogP contribution in [0.15, 0.2) is 18.2 Å². The van der Waals surface area contributed by atoms with E-state index in [2.05, 4.69) is 9.46 Å². The van der Waals surface area contributed by atoms with Crippen molar-refractivity contribution in [1.82, 2.24) is 4.72 Å². The maximum Gasteiger partial charge on any atom is 0.322 e. The minimum absolute atomic E-state index is 0.0763. The number of hydrogen-bond acceptors (Lipinski definition) is 5. The van der Waals surface area contributed by atoms with Crippen LogP contribution in [0, 0.1) is 17.1 Å². The number of nitrogens with zero attached hydrogens (tertiary/aromatic N) is 1. The first kappa shape index (κ1) is 15.1. The molecule has 8 heteroatoms. The number of sulfonamides is 1. The summed E-state index contributed by atoms with van der Waals surface area (Å²) >= 11 is 0. The Kier molecular flexibility index (Phi) is 4.97. The molecule has 102 valence electrons. The zero-order chi connectivity index (χ0) is 14.5. The summed E-state index contributed by atoms with van der Waals surface area (Å²) in [6, 6.07) is 5.43. The number of halogens is 1. The number of methoxy groups -OCH3 is 1. The first-order valence-electron chi connectivity index (χ1n) is 5.10. The summed E-state index contributed by atoms with van der Waals surface area (Å²) in [6.45, 7) is -0.309. The summed E-state index contributed by atoms with van der Waals surface area (Å²) in [6.07, 6.45) is 0. The van der Waals surface area contributed by atoms with E-state index in [0.717, 1.165) is 13.2 Å². The number of carbonyl (C=O) groups excluding carboxylic acids is 1. The van der Waals surface area contributed by atoms with Gasteiger partial charge in [0.1, 0.15) is 5.82 Å². The van der Waals surface area contributed by atoms with E-state index in [1.54, 1.807) is 6.07 Å². The molecule has 0 spiro atoms. The molecule has 6 nitrogen and oxygen atoms in total. The standard InChI is InChI=1S/C11H11FN2O4S/c1-18-11(15)7-19(16,17)14-6-9-3-2-8(5-13)4-10(9)12/h2-4,14H,6-7H2,1H3. The van der Waals surface area contributed by atoms with Gasteiger partial charge in [0.25, 0.3) is 0 Å². The number of nitrogens with one attached hydrogen (secondary N) is 1. The van der Waals surface area contributed by atoms with Crippen molar-refractivity contribution in [2.75, 3.05) is 12.9 Å². The highest BCUT2D eigenvalue weighted by Crippen LogP contribution is 2.10. The molecule has 0 fully saturated rings. The van der Waals surface area contributed by atoms with Gasteiger partial charge in [0.05, 0.1) is 18.7 Å². The number of rotatable bonds is 5. The molecule has 0 radical (unpaired) electrons. The average Bonchev–Trinajstić information content (AvgIpc) is 2.36. The maximum atomic E-state index is 13.5. The van der Waals surface area contributed by atoms with Crippen LogP contribution >= 0.6 is 0 Å². The van der Waals surface area contributed by atoms with Crippen molar-refractivity contribution in [3.05, 3.63) is 35.1 Å². The van der Waals surface area contributed by atoms with Gasteiger partial charge in [-0.1, -0.05) is 6.07 Å². The smallest absolute Gasteiger partial charge is 0.322 e. The second kappa shape index (κ2) is 6.26. The summed E-state index contributed by atoms with van der Waals surface area (Å²) in [7, 11) is -2.81. The number of carbonyl (C=O) groups is 1. The fourth-order valence-electron chi connectivity index (χ4n) is 1.21. The average molecular weight is 286 g/mol. The van der Waals surface area contributed by atoms with Crippen LogP contribution in [0.4, 0.5) is 4.39 Å². The Morgan fingerprint density at radius 2 is 2.21 bits per heavy atom. The molecule has 0 bridgehead atoms. The van der Waals surface area contributed by atoms with Crippen molar-refractivity contribution in [3.63, 3.8) is 0 Å². The van der Waals surface area contributed by atoms with E-state index in [9.17, 15) is 17.6 Å². The van der Waals surface area contributed by atoms with Crippen molar-refractivity contribution >= 4 is 16.0 Å². The molecule has 1 aromatic rings. The van der Waals surface area contributed by atoms with Crippen molar-refractivity contribution in [2.45, 2.75) is 6.54 Å². The van der Waals surface area contributed by atoms with Crippen molar-refractivity contribution in [1.29, 1.82) is 5.26 Å². The molecule has 0 saturated heterocycles. The van der Waals surface area contributed by atoms with E-state index in [-0.39, 0.29) is 17.7 Å². The summed E-state index contributed by atoms with van der Waals surface area (Å²) in [4.78, 5) is 10.8. The van der Waals surface area contributed by atoms with Gasteiger partial charge >= 0.3 is 5.97 Å². The van der Waals surface area contributed by atoms with Crippen LogP contribution in [-0.4, -0.2) is 27.2 Å². The summed E-state index contributed by atoms with van der Waals surface area (Å²) < 4.78 is 42.6. The second-order valence-electron chi connectivity index (χ2n) is 3.57. The summed E-state index contributed by atoms with van der Waals surface area (Å²) in [5, 5.41) is 8.56. The van der Waals surface area contributed by atoms with E-state index in [0.29, 0.717) is 0 Å². The van der Waals surface area contributed by atoms with Gasteiger partial charge in [-0.2, -0.15) is 5.26 Å². The van der Waals surface area contributed by atoms with Gasteiger partial charge in [-0.05, 0) is 12.1 Å². The molecular weight excluding hydrogens is 275 g/mol. The molecule has 0 heterocycles. The molecule has 1 rings (SSSR count). The third kappa shape index (κ3) is 4.65. The molecule has 0 aliphatic carbocycles. The van der Waals surface area contributed by atoms with Gasteiger partial charge in [-0.25, -0.2) is 17.5 Å². The topological polar surface area (TPSA) is 96.3 Å². The molecule has 0 unspecified atom stereocenters. The van der Waals surface area contributed by atoms with Crippen LogP contribution < -0.4 is 4.72 Å². The highest BCUT2D eigenvalue weighted by atomic mass is 32.2. The Morgan fingerprint density at radius 1 is 1.53 bits per heavy atom. The van der Waals surface area contributed by atoms with Crippen molar-refractivity contribution < 1.29 is 22.3 Å². The molecule has 0 atom stereocenters. The minimum atomic E-state index is -3.88. The highest BCUT2D eigenvalue weighted by molar-refractivity contribution is 7.90. The molecule has 1 N–H and O–H groups in total. The molecule has 0 saturated carbocycles. The second-order valence-corrected chi connectivity index (χ2v) is 5.38. The maximum absolute atomic E-state index is 13.5. The van der Waals surface area contributed by atoms with E-state index < -0.39 is 27.6 Å². The van der Waals surface area contributed by atoms with E-state index in [1.165, 1.54) is 12.1 Å². The Morgan fingerprint density at radius 3 is 2.74 bits per heavy atom. The van der Waals surface area contributed by atoms with Crippen LogP contribution in [-0.2, 0) is 26.1 Å². The third-order valence-electron chi connectivity index (χ3n) is 2.20. The van der Waals surface area contributed by atoms with Gasteiger partial charge in [0.15, 0.2) is 5.75 Å². The molecule has 19 heavy (non-hydrogen) atoms. The van der Waals surface area contributed by atoms with Crippen LogP contribution in [0.1, 0.15) is 11.1 Å². The molecular formula is C11H11FN2O4S. The first-order chi connectivity index (χ1) is 8.88. The zero-order valence-electron chi connectivity index (χ0n) is 10.0. The minimum Gasteiger partial charge on any atom is -0.468 e. The predicted molar refractivity (Wildman–Crippen MR) is 63.8 cm³/mol. The van der Waals surface area contributed by atoms with Crippen LogP contribution in [0.5, 0.6) is 0 Å². The number of hydrogen-bond donors (Lipinski definition) is 1. The summed E-state index contributed by atoms with van der Waals surface area (Å²) in [5.41, 5.74) is 0.214. The number of benzene rings is 1. The van der Waals surface area contributed by atoms with E-state index in [1.807, 2.05) is 0 Å². The fraction of sp³-hybridized carbons (Fsp3) is 0.273. The number of ether oxygens (including phenoxy) is 1. The third-order valence-corrected chi connectivity index (χ3v) is 3.40. The van der Waals surface area contributed by atoms with Crippen LogP contribution in [0.2, 0.25) is 0 Å². The Hall–Kier alpha value is -1.98. The fourth-order valence-corrected chi connectivity index (χ4v) is 2.12. The number of nitriles is 1. The molecule has 0 aliphatic heterocycles. The van der Waals surface area contributed by atoms with Crippen LogP contribution in [0.3, 0.4) is 0 Å². The van der Waals surface area contributed by atoms with E-state index in [4.69, 9.17) is 5.26 Å². The van der Waals surface area contributed by atoms with Gasteiger partial charge in [-0.3, -0.25) is 4.79 Å². The lowest BCUT2D eigenvalue weighted by Crippen LogP contribution is -2.30. The largest absolute Gasteiger partial charge is 0.468 e. The van der Waals surface area contributed by atoms with Crippen molar-refractivity contribution in [2.24, 2.45) is 0 Å². The Balaban J connectivity index is 2.72. The molecule has 0 aliphatic rings. The number of esters is 1. The lowest BCUT2D eigenvalue weighted by molar-refractivity contribution is -0.137. The Labute approximate surface area is 109 Å². The van der Waals surface area contributed by atoms with Crippen LogP contribution in [0.25, 0.3) is 0 Å². The van der Waals surface area contributed by atoms with Gasteiger partial charge in [0.2, 0.25) is 10.0 Å². The lowest BCUT2D eigenvalue weighted by Gasteiger charge is -2.06. The summed E-state index contributed by atoms with van der Waals surface area (Å²) in [5.74, 6) is -2.44. The normalized spacial score (nSPS) is 10.8. The van der Waals surface area contributed by atoms with Gasteiger partial charge < -0.3 is 4.74 Å². The van der Waals surface area contributed by atoms with E-state index >= 15 is 0 Å². The molecule has 1 aromatic carbocycles. The van der Waals surface area contributed by atoms with Crippen molar-refractivity contribution in [3.8, 4) is 6.07 Å². The first-order valence-corrected chi connectivity index (χ1v) is 6.76. The Bertz CT molecular complexity index is 622. The van der Waals surface area contributed by atoms with Gasteiger partial charge in [0, 0.05) is 12.1 Å². The molecule has 0 amide bonds. The lowest BCUT2D eigenvalue weighted by atomic mass is 10.1. The highest BCUT2D eigenvalue weighted by Gasteiger charge is 2.17. The predicted octanol–water partition coefficient (Wildman–Crippen LogP) is 0.290. The SMILES string of the molecule is COC(=O)CS(=O)(=O)NCc1ccc(C#N)cc1F.